The van der Waals surface area contributed by atoms with Gasteiger partial charge < -0.3 is 20.1 Å². The highest BCUT2D eigenvalue weighted by Gasteiger charge is 2.25. The number of ether oxygens (including phenoxy) is 2. The van der Waals surface area contributed by atoms with Crippen molar-refractivity contribution in [2.75, 3.05) is 26.4 Å². The minimum absolute atomic E-state index is 0.0454. The maximum absolute atomic E-state index is 12.5. The Kier molecular flexibility index (Phi) is 31.4. The number of unbranched alkanes of at least 4 members (excludes halogenated alkanes) is 11. The summed E-state index contributed by atoms with van der Waals surface area (Å²) in [6, 6.07) is 0. The van der Waals surface area contributed by atoms with Crippen molar-refractivity contribution in [3.05, 3.63) is 48.6 Å². The van der Waals surface area contributed by atoms with Crippen LogP contribution in [0.2, 0.25) is 0 Å². The van der Waals surface area contributed by atoms with Crippen LogP contribution in [-0.4, -0.2) is 49.3 Å². The van der Waals surface area contributed by atoms with Crippen LogP contribution >= 0.6 is 7.82 Å². The standard InChI is InChI=1S/C36H64NO8P/c1-3-5-7-9-11-13-15-16-17-18-19-21-23-25-27-29-36(39)45-34(33-44-46(40,41)43-31-30-37)32-42-35(38)28-26-24-22-20-14-12-10-8-6-4-2/h5,7,11,13,16-17,19,21,34H,3-4,6,8-10,12,14-15,18,20,22-33,37H2,1-2H3,(H,40,41)/b7-5+,13-11+,17-16+,21-19+/t34-/m1/s1. The zero-order chi connectivity index (χ0) is 34.0. The molecule has 0 radical (unpaired) electrons. The van der Waals surface area contributed by atoms with Crippen LogP contribution in [0.5, 0.6) is 0 Å². The second-order valence-corrected chi connectivity index (χ2v) is 12.8. The Bertz CT molecular complexity index is 902. The van der Waals surface area contributed by atoms with Crippen molar-refractivity contribution in [1.82, 2.24) is 0 Å². The molecule has 1 unspecified atom stereocenters. The first-order valence-electron chi connectivity index (χ1n) is 17.6. The van der Waals surface area contributed by atoms with E-state index in [4.69, 9.17) is 24.3 Å². The maximum Gasteiger partial charge on any atom is 0.472 e. The topological polar surface area (TPSA) is 134 Å². The van der Waals surface area contributed by atoms with Gasteiger partial charge in [0.05, 0.1) is 13.2 Å². The van der Waals surface area contributed by atoms with E-state index in [1.807, 2.05) is 0 Å². The summed E-state index contributed by atoms with van der Waals surface area (Å²) in [4.78, 5) is 34.6. The summed E-state index contributed by atoms with van der Waals surface area (Å²) in [5.74, 6) is -0.884. The third-order valence-corrected chi connectivity index (χ3v) is 7.96. The van der Waals surface area contributed by atoms with Crippen LogP contribution in [0.15, 0.2) is 48.6 Å². The Morgan fingerprint density at radius 2 is 1.20 bits per heavy atom. The molecule has 0 spiro atoms. The van der Waals surface area contributed by atoms with Gasteiger partial charge in [0.1, 0.15) is 6.61 Å². The van der Waals surface area contributed by atoms with E-state index < -0.39 is 32.5 Å². The molecule has 0 saturated heterocycles. The Hall–Kier alpha value is -2.03. The van der Waals surface area contributed by atoms with Gasteiger partial charge in [-0.05, 0) is 51.4 Å². The van der Waals surface area contributed by atoms with Crippen LogP contribution in [-0.2, 0) is 32.7 Å². The maximum atomic E-state index is 12.5. The lowest BCUT2D eigenvalue weighted by atomic mass is 10.1. The van der Waals surface area contributed by atoms with Crippen LogP contribution in [0.4, 0.5) is 0 Å². The lowest BCUT2D eigenvalue weighted by Gasteiger charge is -2.19. The van der Waals surface area contributed by atoms with E-state index in [-0.39, 0.29) is 32.6 Å². The first-order valence-corrected chi connectivity index (χ1v) is 19.1. The van der Waals surface area contributed by atoms with E-state index in [0.29, 0.717) is 6.42 Å². The Morgan fingerprint density at radius 1 is 0.674 bits per heavy atom. The minimum Gasteiger partial charge on any atom is -0.462 e. The zero-order valence-corrected chi connectivity index (χ0v) is 29.7. The van der Waals surface area contributed by atoms with Gasteiger partial charge in [0.25, 0.3) is 0 Å². The highest BCUT2D eigenvalue weighted by Crippen LogP contribution is 2.43. The number of allylic oxidation sites excluding steroid dienone is 8. The van der Waals surface area contributed by atoms with Gasteiger partial charge in [-0.3, -0.25) is 18.6 Å². The highest BCUT2D eigenvalue weighted by molar-refractivity contribution is 7.47. The molecule has 0 aliphatic carbocycles. The molecule has 0 fully saturated rings. The predicted molar refractivity (Wildman–Crippen MR) is 187 cm³/mol. The van der Waals surface area contributed by atoms with Crippen molar-refractivity contribution >= 4 is 19.8 Å². The fraction of sp³-hybridized carbons (Fsp3) is 0.722. The molecule has 0 bridgehead atoms. The summed E-state index contributed by atoms with van der Waals surface area (Å²) in [5.41, 5.74) is 5.31. The van der Waals surface area contributed by atoms with Gasteiger partial charge in [-0.2, -0.15) is 0 Å². The molecule has 0 aliphatic heterocycles. The normalized spacial score (nSPS) is 14.1. The van der Waals surface area contributed by atoms with Gasteiger partial charge in [0, 0.05) is 19.4 Å². The molecule has 10 heteroatoms. The largest absolute Gasteiger partial charge is 0.472 e. The fourth-order valence-electron chi connectivity index (χ4n) is 4.39. The molecule has 0 rings (SSSR count). The summed E-state index contributed by atoms with van der Waals surface area (Å²) in [6.07, 6.45) is 34.4. The summed E-state index contributed by atoms with van der Waals surface area (Å²) in [7, 11) is -4.38. The van der Waals surface area contributed by atoms with E-state index in [0.717, 1.165) is 57.8 Å². The molecule has 0 aromatic carbocycles. The van der Waals surface area contributed by atoms with Gasteiger partial charge in [0.15, 0.2) is 6.10 Å². The van der Waals surface area contributed by atoms with E-state index in [1.165, 1.54) is 44.9 Å². The highest BCUT2D eigenvalue weighted by atomic mass is 31.2. The molecular formula is C36H64NO8P. The smallest absolute Gasteiger partial charge is 0.462 e. The van der Waals surface area contributed by atoms with E-state index in [1.54, 1.807) is 0 Å². The van der Waals surface area contributed by atoms with E-state index in [9.17, 15) is 19.0 Å². The van der Waals surface area contributed by atoms with Crippen molar-refractivity contribution in [2.24, 2.45) is 5.73 Å². The predicted octanol–water partition coefficient (Wildman–Crippen LogP) is 9.21. The molecule has 0 amide bonds. The molecule has 2 atom stereocenters. The number of hydrogen-bond acceptors (Lipinski definition) is 8. The van der Waals surface area contributed by atoms with Crippen molar-refractivity contribution in [3.63, 3.8) is 0 Å². The zero-order valence-electron chi connectivity index (χ0n) is 28.8. The number of rotatable bonds is 32. The van der Waals surface area contributed by atoms with Crippen molar-refractivity contribution in [3.8, 4) is 0 Å². The SMILES string of the molecule is CC/C=C/C/C=C/C/C=C/C/C=C/CCCCC(=O)O[C@H](COC(=O)CCCCCCCCCCCC)COP(=O)(O)OCCN. The Balaban J connectivity index is 4.36. The monoisotopic (exact) mass is 669 g/mol. The van der Waals surface area contributed by atoms with Crippen LogP contribution in [0.1, 0.15) is 136 Å². The quantitative estimate of drug-likeness (QED) is 0.0311. The molecule has 266 valence electrons. The van der Waals surface area contributed by atoms with Gasteiger partial charge in [-0.15, -0.1) is 0 Å². The molecular weight excluding hydrogens is 605 g/mol. The van der Waals surface area contributed by atoms with Crippen molar-refractivity contribution in [1.29, 1.82) is 0 Å². The number of nitrogens with two attached hydrogens (primary N) is 1. The van der Waals surface area contributed by atoms with Gasteiger partial charge in [-0.1, -0.05) is 120 Å². The molecule has 0 aromatic rings. The lowest BCUT2D eigenvalue weighted by molar-refractivity contribution is -0.161. The number of carbonyl (C=O) groups excluding carboxylic acids is 2. The van der Waals surface area contributed by atoms with E-state index >= 15 is 0 Å². The van der Waals surface area contributed by atoms with Crippen molar-refractivity contribution in [2.45, 2.75) is 142 Å². The second-order valence-electron chi connectivity index (χ2n) is 11.4. The summed E-state index contributed by atoms with van der Waals surface area (Å²) < 4.78 is 32.5. The summed E-state index contributed by atoms with van der Waals surface area (Å²) in [6.45, 7) is 3.52. The third-order valence-electron chi connectivity index (χ3n) is 6.98. The van der Waals surface area contributed by atoms with Crippen molar-refractivity contribution < 1.29 is 37.6 Å². The third kappa shape index (κ3) is 31.9. The fourth-order valence-corrected chi connectivity index (χ4v) is 5.15. The molecule has 0 saturated carbocycles. The van der Waals surface area contributed by atoms with Gasteiger partial charge in [-0.25, -0.2) is 4.57 Å². The van der Waals surface area contributed by atoms with Crippen LogP contribution in [0.25, 0.3) is 0 Å². The lowest BCUT2D eigenvalue weighted by Crippen LogP contribution is -2.29. The van der Waals surface area contributed by atoms with Crippen LogP contribution in [0, 0.1) is 0 Å². The minimum atomic E-state index is -4.38. The first-order chi connectivity index (χ1) is 22.3. The van der Waals surface area contributed by atoms with Gasteiger partial charge in [0.2, 0.25) is 0 Å². The Labute approximate surface area is 279 Å². The number of carbonyl (C=O) groups is 2. The number of hydrogen-bond donors (Lipinski definition) is 2. The molecule has 0 aromatic heterocycles. The second kappa shape index (κ2) is 32.9. The molecule has 0 aliphatic rings. The average molecular weight is 670 g/mol. The molecule has 46 heavy (non-hydrogen) atoms. The number of phosphoric ester groups is 1. The number of phosphoric acid groups is 1. The van der Waals surface area contributed by atoms with E-state index in [2.05, 4.69) is 62.5 Å². The number of esters is 2. The van der Waals surface area contributed by atoms with Gasteiger partial charge >= 0.3 is 19.8 Å². The first kappa shape index (κ1) is 44.0. The Morgan fingerprint density at radius 3 is 1.78 bits per heavy atom. The average Bonchev–Trinajstić information content (AvgIpc) is 3.04. The summed E-state index contributed by atoms with van der Waals surface area (Å²) in [5, 5.41) is 0. The van der Waals surface area contributed by atoms with Crippen LogP contribution in [0.3, 0.4) is 0 Å². The summed E-state index contributed by atoms with van der Waals surface area (Å²) >= 11 is 0. The molecule has 0 heterocycles. The van der Waals surface area contributed by atoms with Crippen LogP contribution < -0.4 is 5.73 Å². The molecule has 9 nitrogen and oxygen atoms in total. The molecule has 3 N–H and O–H groups in total.